The van der Waals surface area contributed by atoms with Crippen LogP contribution in [0.1, 0.15) is 41.1 Å². The molecule has 3 aliphatic rings. The SMILES string of the molecule is O=C(O)C(F)(F)F.O=C(O)C(F)(F)F.O=C(O)C(F)(F)F.O=C(O)C(F)(F)F.O=c1c2c(nc3n1CC1(CCN(Cc4cccnc4)CC1)C3)CCN(Cc1cccnc1)C2. The standard InChI is InChI=1S/C26H30N6O.4C2HF3O2/c33-25-22-18-31(17-21-4-2-9-28-15-21)10-5-23(22)29-24-13-26(19-32(24)25)6-11-30(12-7-26)16-20-3-1-8-27-14-20;4*3-2(4,5)1(6)7/h1-4,8-9,14-15H,5-7,10-13,16-19H2;4*(H,6,7). The monoisotopic (exact) mass is 898 g/mol. The number of likely N-dealkylation sites (tertiary alicyclic amines) is 1. The van der Waals surface area contributed by atoms with Gasteiger partial charge in [-0.05, 0) is 54.6 Å². The molecular weight excluding hydrogens is 864 g/mol. The second-order valence-electron chi connectivity index (χ2n) is 13.2. The van der Waals surface area contributed by atoms with Crippen molar-refractivity contribution in [3.05, 3.63) is 87.6 Å². The van der Waals surface area contributed by atoms with Gasteiger partial charge < -0.3 is 20.4 Å². The number of piperidine rings is 1. The van der Waals surface area contributed by atoms with Gasteiger partial charge in [-0.2, -0.15) is 52.7 Å². The Bertz CT molecular complexity index is 1910. The van der Waals surface area contributed by atoms with Crippen LogP contribution in [0.25, 0.3) is 0 Å². The lowest BCUT2D eigenvalue weighted by Crippen LogP contribution is -2.41. The summed E-state index contributed by atoms with van der Waals surface area (Å²) in [4.78, 5) is 67.4. The van der Waals surface area contributed by atoms with Crippen molar-refractivity contribution in [2.45, 2.75) is 76.6 Å². The number of hydrogen-bond acceptors (Lipinski definition) is 10. The zero-order valence-corrected chi connectivity index (χ0v) is 30.9. The summed E-state index contributed by atoms with van der Waals surface area (Å²) in [6, 6.07) is 8.22. The van der Waals surface area contributed by atoms with Crippen LogP contribution in [0.4, 0.5) is 52.7 Å². The third-order valence-corrected chi connectivity index (χ3v) is 8.65. The third-order valence-electron chi connectivity index (χ3n) is 8.65. The van der Waals surface area contributed by atoms with E-state index < -0.39 is 48.6 Å². The van der Waals surface area contributed by atoms with Crippen LogP contribution < -0.4 is 5.56 Å². The maximum atomic E-state index is 13.5. The number of nitrogens with zero attached hydrogens (tertiary/aromatic N) is 6. The number of aromatic nitrogens is 4. The lowest BCUT2D eigenvalue weighted by molar-refractivity contribution is -0.193. The van der Waals surface area contributed by atoms with Gasteiger partial charge in [0.05, 0.1) is 11.3 Å². The Morgan fingerprint density at radius 1 is 0.639 bits per heavy atom. The maximum Gasteiger partial charge on any atom is 0.490 e. The van der Waals surface area contributed by atoms with Crippen LogP contribution in [0.2, 0.25) is 0 Å². The fourth-order valence-corrected chi connectivity index (χ4v) is 5.80. The first-order valence-electron chi connectivity index (χ1n) is 17.0. The molecule has 0 unspecified atom stereocenters. The van der Waals surface area contributed by atoms with Crippen LogP contribution in [0.15, 0.2) is 53.8 Å². The number of hydrogen-bond donors (Lipinski definition) is 4. The third kappa shape index (κ3) is 17.0. The number of pyridine rings is 2. The summed E-state index contributed by atoms with van der Waals surface area (Å²) in [7, 11) is 0. The van der Waals surface area contributed by atoms with E-state index in [1.54, 1.807) is 6.20 Å². The number of carboxylic acid groups (broad SMARTS) is 4. The largest absolute Gasteiger partial charge is 0.490 e. The minimum atomic E-state index is -5.08. The maximum absolute atomic E-state index is 13.5. The van der Waals surface area contributed by atoms with E-state index in [2.05, 4.69) is 31.9 Å². The summed E-state index contributed by atoms with van der Waals surface area (Å²) in [5.41, 5.74) is 4.77. The van der Waals surface area contributed by atoms with Gasteiger partial charge in [0.1, 0.15) is 5.82 Å². The van der Waals surface area contributed by atoms with Gasteiger partial charge in [0, 0.05) is 70.4 Å². The number of carboxylic acids is 4. The highest BCUT2D eigenvalue weighted by atomic mass is 19.4. The molecule has 61 heavy (non-hydrogen) atoms. The summed E-state index contributed by atoms with van der Waals surface area (Å²) < 4.78 is 129. The fraction of sp³-hybridized carbons (Fsp3) is 0.471. The van der Waals surface area contributed by atoms with Crippen molar-refractivity contribution in [1.82, 2.24) is 29.3 Å². The molecule has 338 valence electrons. The Labute approximate surface area is 334 Å². The van der Waals surface area contributed by atoms with E-state index in [0.717, 1.165) is 82.0 Å². The molecule has 0 saturated carbocycles. The Balaban J connectivity index is 0.000000372. The lowest BCUT2D eigenvalue weighted by Gasteiger charge is -2.38. The molecule has 3 aromatic heterocycles. The second-order valence-corrected chi connectivity index (χ2v) is 13.2. The molecule has 0 amide bonds. The Hall–Kier alpha value is -5.86. The van der Waals surface area contributed by atoms with Crippen molar-refractivity contribution in [3.8, 4) is 0 Å². The fourth-order valence-electron chi connectivity index (χ4n) is 5.80. The van der Waals surface area contributed by atoms with E-state index in [1.807, 2.05) is 35.3 Å². The summed E-state index contributed by atoms with van der Waals surface area (Å²) in [5.74, 6) is -10.0. The summed E-state index contributed by atoms with van der Waals surface area (Å²) >= 11 is 0. The summed E-state index contributed by atoms with van der Waals surface area (Å²) in [6.45, 7) is 6.35. The second kappa shape index (κ2) is 21.1. The summed E-state index contributed by atoms with van der Waals surface area (Å²) in [5, 5.41) is 28.5. The lowest BCUT2D eigenvalue weighted by atomic mass is 9.77. The quantitative estimate of drug-likeness (QED) is 0.255. The first-order chi connectivity index (χ1) is 27.9. The number of rotatable bonds is 4. The minimum Gasteiger partial charge on any atom is -0.475 e. The van der Waals surface area contributed by atoms with Gasteiger partial charge in [0.25, 0.3) is 5.56 Å². The molecule has 0 aromatic carbocycles. The molecule has 0 radical (unpaired) electrons. The number of aliphatic carboxylic acids is 4. The number of carbonyl (C=O) groups is 4. The van der Waals surface area contributed by atoms with Gasteiger partial charge >= 0.3 is 48.6 Å². The van der Waals surface area contributed by atoms with E-state index in [-0.39, 0.29) is 11.0 Å². The highest BCUT2D eigenvalue weighted by molar-refractivity contribution is 5.74. The molecular formula is C34H34F12N6O9. The molecule has 1 spiro atoms. The normalized spacial score (nSPS) is 16.0. The molecule has 1 fully saturated rings. The van der Waals surface area contributed by atoms with Crippen molar-refractivity contribution in [2.24, 2.45) is 5.41 Å². The predicted molar refractivity (Wildman–Crippen MR) is 180 cm³/mol. The molecule has 0 atom stereocenters. The van der Waals surface area contributed by atoms with Crippen LogP contribution in [0.3, 0.4) is 0 Å². The van der Waals surface area contributed by atoms with Crippen LogP contribution in [0.5, 0.6) is 0 Å². The first kappa shape index (κ1) is 51.3. The van der Waals surface area contributed by atoms with Crippen molar-refractivity contribution < 1.29 is 92.3 Å². The van der Waals surface area contributed by atoms with E-state index in [0.29, 0.717) is 6.54 Å². The Kier molecular flexibility index (Phi) is 17.7. The minimum absolute atomic E-state index is 0.184. The molecule has 27 heteroatoms. The Morgan fingerprint density at radius 2 is 1.03 bits per heavy atom. The molecule has 4 N–H and O–H groups in total. The van der Waals surface area contributed by atoms with Gasteiger partial charge in [-0.15, -0.1) is 0 Å². The van der Waals surface area contributed by atoms with Crippen molar-refractivity contribution in [3.63, 3.8) is 0 Å². The smallest absolute Gasteiger partial charge is 0.475 e. The van der Waals surface area contributed by atoms with Gasteiger partial charge in [0.2, 0.25) is 0 Å². The molecule has 6 rings (SSSR count). The average molecular weight is 899 g/mol. The van der Waals surface area contributed by atoms with Gasteiger partial charge in [-0.1, -0.05) is 12.1 Å². The number of alkyl halides is 12. The average Bonchev–Trinajstić information content (AvgIpc) is 3.51. The predicted octanol–water partition coefficient (Wildman–Crippen LogP) is 4.96. The first-order valence-corrected chi connectivity index (χ1v) is 17.0. The molecule has 3 aliphatic heterocycles. The van der Waals surface area contributed by atoms with Crippen molar-refractivity contribution >= 4 is 23.9 Å². The zero-order chi connectivity index (χ0) is 46.6. The summed E-state index contributed by atoms with van der Waals surface area (Å²) in [6.07, 6.45) is -8.81. The van der Waals surface area contributed by atoms with Crippen molar-refractivity contribution in [2.75, 3.05) is 19.6 Å². The van der Waals surface area contributed by atoms with Gasteiger partial charge in [-0.3, -0.25) is 29.1 Å². The van der Waals surface area contributed by atoms with Gasteiger partial charge in [0.15, 0.2) is 0 Å². The zero-order valence-electron chi connectivity index (χ0n) is 30.9. The Morgan fingerprint density at radius 3 is 1.39 bits per heavy atom. The van der Waals surface area contributed by atoms with Crippen LogP contribution in [-0.4, -0.2) is 118 Å². The highest BCUT2D eigenvalue weighted by Crippen LogP contribution is 2.41. The van der Waals surface area contributed by atoms with E-state index in [9.17, 15) is 57.5 Å². The van der Waals surface area contributed by atoms with E-state index in [4.69, 9.17) is 44.6 Å². The topological polar surface area (TPSA) is 216 Å². The van der Waals surface area contributed by atoms with Gasteiger partial charge in [-0.25, -0.2) is 24.2 Å². The molecule has 15 nitrogen and oxygen atoms in total. The molecule has 0 bridgehead atoms. The van der Waals surface area contributed by atoms with Crippen LogP contribution >= 0.6 is 0 Å². The highest BCUT2D eigenvalue weighted by Gasteiger charge is 2.43. The number of fused-ring (bicyclic) bond motifs is 2. The van der Waals surface area contributed by atoms with Crippen molar-refractivity contribution in [1.29, 1.82) is 0 Å². The number of halogens is 12. The van der Waals surface area contributed by atoms with Crippen LogP contribution in [-0.2, 0) is 58.2 Å². The van der Waals surface area contributed by atoms with Crippen LogP contribution in [0, 0.1) is 5.41 Å². The molecule has 0 aliphatic carbocycles. The molecule has 1 saturated heterocycles. The molecule has 3 aromatic rings. The van der Waals surface area contributed by atoms with E-state index in [1.165, 1.54) is 11.1 Å². The molecule has 6 heterocycles. The van der Waals surface area contributed by atoms with E-state index >= 15 is 0 Å².